The number of nitrogens with one attached hydrogen (secondary N) is 2. The number of methoxy groups -OCH3 is 1. The minimum Gasteiger partial charge on any atom is -0.495 e. The number of sulfonamides is 1. The van der Waals surface area contributed by atoms with Gasteiger partial charge in [0, 0.05) is 19.8 Å². The summed E-state index contributed by atoms with van der Waals surface area (Å²) in [6.45, 7) is 5.25. The van der Waals surface area contributed by atoms with E-state index in [1.54, 1.807) is 19.1 Å². The molecule has 8 heteroatoms. The van der Waals surface area contributed by atoms with Gasteiger partial charge in [-0.1, -0.05) is 36.4 Å². The first kappa shape index (κ1) is 23.9. The summed E-state index contributed by atoms with van der Waals surface area (Å²) in [6, 6.07) is 13.2. The first-order chi connectivity index (χ1) is 14.4. The van der Waals surface area contributed by atoms with Gasteiger partial charge in [0.05, 0.1) is 7.11 Å². The fraction of sp³-hybridized carbons (Fsp3) is 0.409. The highest BCUT2D eigenvalue weighted by Gasteiger charge is 2.28. The molecule has 1 amide bonds. The summed E-state index contributed by atoms with van der Waals surface area (Å²) in [7, 11) is -2.58. The van der Waals surface area contributed by atoms with E-state index in [9.17, 15) is 13.2 Å². The van der Waals surface area contributed by atoms with Crippen LogP contribution < -0.4 is 14.8 Å². The third-order valence-electron chi connectivity index (χ3n) is 4.47. The number of carbonyl (C=O) groups excluding carboxylic acids is 1. The van der Waals surface area contributed by atoms with Gasteiger partial charge >= 0.3 is 0 Å². The van der Waals surface area contributed by atoms with Crippen molar-refractivity contribution in [3.63, 3.8) is 0 Å². The summed E-state index contributed by atoms with van der Waals surface area (Å²) in [5.74, 6) is -0.158. The van der Waals surface area contributed by atoms with Gasteiger partial charge in [-0.05, 0) is 49.9 Å². The van der Waals surface area contributed by atoms with Crippen molar-refractivity contribution < 1.29 is 22.7 Å². The molecule has 164 valence electrons. The van der Waals surface area contributed by atoms with E-state index in [1.165, 1.54) is 13.2 Å². The maximum Gasteiger partial charge on any atom is 0.244 e. The van der Waals surface area contributed by atoms with E-state index in [0.29, 0.717) is 26.2 Å². The number of aryl methyl sites for hydroxylation is 1. The molecule has 30 heavy (non-hydrogen) atoms. The Balaban J connectivity index is 2.21. The number of hydrogen-bond acceptors (Lipinski definition) is 5. The van der Waals surface area contributed by atoms with Crippen LogP contribution in [0.15, 0.2) is 53.4 Å². The molecule has 1 atom stereocenters. The summed E-state index contributed by atoms with van der Waals surface area (Å²) in [5.41, 5.74) is 1.63. The molecule has 0 saturated carbocycles. The molecule has 0 bridgehead atoms. The van der Waals surface area contributed by atoms with Crippen LogP contribution in [-0.4, -0.2) is 47.2 Å². The van der Waals surface area contributed by atoms with E-state index in [0.717, 1.165) is 11.1 Å². The molecule has 0 aliphatic heterocycles. The molecule has 7 nitrogen and oxygen atoms in total. The van der Waals surface area contributed by atoms with Gasteiger partial charge in [-0.2, -0.15) is 4.72 Å². The Morgan fingerprint density at radius 3 is 2.53 bits per heavy atom. The molecular weight excluding hydrogens is 404 g/mol. The first-order valence-corrected chi connectivity index (χ1v) is 11.4. The van der Waals surface area contributed by atoms with Gasteiger partial charge in [0.15, 0.2) is 0 Å². The van der Waals surface area contributed by atoms with Crippen LogP contribution in [0.5, 0.6) is 5.75 Å². The van der Waals surface area contributed by atoms with Gasteiger partial charge in [-0.15, -0.1) is 0 Å². The number of carbonyl (C=O) groups is 1. The highest BCUT2D eigenvalue weighted by Crippen LogP contribution is 2.25. The van der Waals surface area contributed by atoms with Crippen LogP contribution in [-0.2, 0) is 26.0 Å². The zero-order valence-corrected chi connectivity index (χ0v) is 18.5. The second-order valence-corrected chi connectivity index (χ2v) is 8.54. The van der Waals surface area contributed by atoms with Crippen molar-refractivity contribution in [1.82, 2.24) is 10.0 Å². The van der Waals surface area contributed by atoms with Gasteiger partial charge in [0.1, 0.15) is 16.7 Å². The topological polar surface area (TPSA) is 93.7 Å². The Hall–Kier alpha value is -2.42. The lowest BCUT2D eigenvalue weighted by Crippen LogP contribution is -2.48. The number of benzene rings is 2. The Bertz CT molecular complexity index is 916. The Morgan fingerprint density at radius 1 is 1.13 bits per heavy atom. The number of ether oxygens (including phenoxy) is 2. The van der Waals surface area contributed by atoms with Crippen molar-refractivity contribution in [2.24, 2.45) is 0 Å². The average molecular weight is 435 g/mol. The summed E-state index contributed by atoms with van der Waals surface area (Å²) < 4.78 is 39.2. The van der Waals surface area contributed by atoms with E-state index in [1.807, 2.05) is 37.3 Å². The molecule has 0 radical (unpaired) electrons. The smallest absolute Gasteiger partial charge is 0.244 e. The molecule has 0 aliphatic rings. The van der Waals surface area contributed by atoms with Gasteiger partial charge in [-0.25, -0.2) is 8.42 Å². The van der Waals surface area contributed by atoms with Gasteiger partial charge in [0.25, 0.3) is 0 Å². The molecule has 2 N–H and O–H groups in total. The Labute approximate surface area is 178 Å². The standard InChI is InChI=1S/C22H30N2O5S/c1-4-29-14-8-13-23-22(25)19(16-18-9-6-5-7-10-18)24-30(26,27)21-15-17(2)11-12-20(21)28-3/h5-7,9-12,15,19,24H,4,8,13-14,16H2,1-3H3,(H,23,25). The predicted molar refractivity (Wildman–Crippen MR) is 116 cm³/mol. The molecule has 2 aromatic rings. The second kappa shape index (κ2) is 11.7. The zero-order valence-electron chi connectivity index (χ0n) is 17.7. The van der Waals surface area contributed by atoms with E-state index in [2.05, 4.69) is 10.0 Å². The summed E-state index contributed by atoms with van der Waals surface area (Å²) in [6.07, 6.45) is 0.877. The van der Waals surface area contributed by atoms with Gasteiger partial charge in [-0.3, -0.25) is 4.79 Å². The summed E-state index contributed by atoms with van der Waals surface area (Å²) in [4.78, 5) is 12.8. The van der Waals surface area contributed by atoms with Crippen molar-refractivity contribution in [3.05, 3.63) is 59.7 Å². The third kappa shape index (κ3) is 7.12. The fourth-order valence-electron chi connectivity index (χ4n) is 2.94. The van der Waals surface area contributed by atoms with Crippen LogP contribution in [0, 0.1) is 6.92 Å². The highest BCUT2D eigenvalue weighted by molar-refractivity contribution is 7.89. The quantitative estimate of drug-likeness (QED) is 0.501. The number of rotatable bonds is 12. The molecule has 2 aromatic carbocycles. The second-order valence-electron chi connectivity index (χ2n) is 6.86. The molecular formula is C22H30N2O5S. The number of amides is 1. The van der Waals surface area contributed by atoms with Gasteiger partial charge < -0.3 is 14.8 Å². The van der Waals surface area contributed by atoms with Crippen molar-refractivity contribution in [2.45, 2.75) is 37.6 Å². The predicted octanol–water partition coefficient (Wildman–Crippen LogP) is 2.44. The highest BCUT2D eigenvalue weighted by atomic mass is 32.2. The molecule has 1 unspecified atom stereocenters. The zero-order chi connectivity index (χ0) is 22.0. The fourth-order valence-corrected chi connectivity index (χ4v) is 4.38. The van der Waals surface area contributed by atoms with Crippen LogP contribution in [0.25, 0.3) is 0 Å². The van der Waals surface area contributed by atoms with Crippen LogP contribution in [0.1, 0.15) is 24.5 Å². The van der Waals surface area contributed by atoms with E-state index in [-0.39, 0.29) is 23.0 Å². The molecule has 2 rings (SSSR count). The monoisotopic (exact) mass is 434 g/mol. The third-order valence-corrected chi connectivity index (χ3v) is 5.97. The van der Waals surface area contributed by atoms with Gasteiger partial charge in [0.2, 0.25) is 15.9 Å². The maximum absolute atomic E-state index is 13.1. The normalized spacial score (nSPS) is 12.4. The van der Waals surface area contributed by atoms with Crippen LogP contribution in [0.4, 0.5) is 0 Å². The van der Waals surface area contributed by atoms with Crippen molar-refractivity contribution in [1.29, 1.82) is 0 Å². The lowest BCUT2D eigenvalue weighted by Gasteiger charge is -2.20. The van der Waals surface area contributed by atoms with Crippen molar-refractivity contribution in [2.75, 3.05) is 26.9 Å². The Morgan fingerprint density at radius 2 is 1.87 bits per heavy atom. The van der Waals surface area contributed by atoms with E-state index >= 15 is 0 Å². The molecule has 0 saturated heterocycles. The molecule has 0 aromatic heterocycles. The maximum atomic E-state index is 13.1. The van der Waals surface area contributed by atoms with Crippen molar-refractivity contribution >= 4 is 15.9 Å². The van der Waals surface area contributed by atoms with Crippen LogP contribution in [0.2, 0.25) is 0 Å². The molecule has 0 fully saturated rings. The van der Waals surface area contributed by atoms with Crippen molar-refractivity contribution in [3.8, 4) is 5.75 Å². The minimum absolute atomic E-state index is 0.00667. The Kier molecular flexibility index (Phi) is 9.29. The summed E-state index contributed by atoms with van der Waals surface area (Å²) >= 11 is 0. The van der Waals surface area contributed by atoms with E-state index < -0.39 is 16.1 Å². The molecule has 0 spiro atoms. The lowest BCUT2D eigenvalue weighted by molar-refractivity contribution is -0.122. The molecule has 0 heterocycles. The van der Waals surface area contributed by atoms with Crippen LogP contribution >= 0.6 is 0 Å². The SMILES string of the molecule is CCOCCCNC(=O)C(Cc1ccccc1)NS(=O)(=O)c1cc(C)ccc1OC. The largest absolute Gasteiger partial charge is 0.495 e. The summed E-state index contributed by atoms with van der Waals surface area (Å²) in [5, 5.41) is 2.80. The molecule has 0 aliphatic carbocycles. The number of hydrogen-bond donors (Lipinski definition) is 2. The average Bonchev–Trinajstić information content (AvgIpc) is 2.73. The van der Waals surface area contributed by atoms with Crippen LogP contribution in [0.3, 0.4) is 0 Å². The lowest BCUT2D eigenvalue weighted by atomic mass is 10.1. The minimum atomic E-state index is -3.99. The first-order valence-electron chi connectivity index (χ1n) is 9.93. The van der Waals surface area contributed by atoms with E-state index in [4.69, 9.17) is 9.47 Å².